The molecule has 1 amide bonds. The minimum Gasteiger partial charge on any atom is -0.497 e. The molecule has 3 aromatic rings. The van der Waals surface area contributed by atoms with Crippen LogP contribution in [0.15, 0.2) is 71.6 Å². The highest BCUT2D eigenvalue weighted by Gasteiger charge is 2.57. The maximum atomic E-state index is 13.9. The average Bonchev–Trinajstić information content (AvgIpc) is 3.64. The molecular formula is C29H29F6N3O8. The van der Waals surface area contributed by atoms with E-state index in [0.717, 1.165) is 22.6 Å². The fourth-order valence-electron chi connectivity index (χ4n) is 4.85. The van der Waals surface area contributed by atoms with Gasteiger partial charge in [-0.1, -0.05) is 18.2 Å². The molecule has 0 radical (unpaired) electrons. The van der Waals surface area contributed by atoms with Gasteiger partial charge in [-0.05, 0) is 41.5 Å². The van der Waals surface area contributed by atoms with Gasteiger partial charge in [-0.3, -0.25) is 14.7 Å². The van der Waals surface area contributed by atoms with Crippen LogP contribution in [0.4, 0.5) is 26.3 Å². The molecule has 2 aromatic heterocycles. The number of amides is 1. The number of methoxy groups -OCH3 is 1. The van der Waals surface area contributed by atoms with Gasteiger partial charge in [-0.2, -0.15) is 26.3 Å². The largest absolute Gasteiger partial charge is 0.497 e. The minimum atomic E-state index is -5.08. The number of benzene rings is 1. The Labute approximate surface area is 257 Å². The van der Waals surface area contributed by atoms with Crippen LogP contribution in [0.2, 0.25) is 0 Å². The van der Waals surface area contributed by atoms with E-state index in [2.05, 4.69) is 9.88 Å². The summed E-state index contributed by atoms with van der Waals surface area (Å²) in [7, 11) is 1.65. The van der Waals surface area contributed by atoms with E-state index in [4.69, 9.17) is 33.7 Å². The molecule has 5 rings (SSSR count). The number of hydrogen-bond donors (Lipinski definition) is 2. The highest BCUT2D eigenvalue weighted by atomic mass is 19.4. The summed E-state index contributed by atoms with van der Waals surface area (Å²) in [5, 5.41) is 14.2. The number of halogens is 6. The topological polar surface area (TPSA) is 143 Å². The van der Waals surface area contributed by atoms with E-state index >= 15 is 0 Å². The molecule has 17 heteroatoms. The van der Waals surface area contributed by atoms with E-state index in [1.54, 1.807) is 19.6 Å². The van der Waals surface area contributed by atoms with Gasteiger partial charge >= 0.3 is 24.3 Å². The minimum absolute atomic E-state index is 0.0374. The number of morpholine rings is 1. The SMILES string of the molecule is COc1ccc(CN2CCOC3(CN(Cc4ccco4)CC3c3cccnc3)C2=O)cc1.O=C(O)C(F)(F)F.O=C(O)C(F)(F)F. The number of likely N-dealkylation sites (tertiary alicyclic amines) is 1. The average molecular weight is 662 g/mol. The second-order valence-electron chi connectivity index (χ2n) is 10.0. The van der Waals surface area contributed by atoms with Crippen LogP contribution in [0, 0.1) is 0 Å². The molecule has 0 saturated carbocycles. The third-order valence-electron chi connectivity index (χ3n) is 6.90. The van der Waals surface area contributed by atoms with Crippen molar-refractivity contribution in [1.29, 1.82) is 0 Å². The summed E-state index contributed by atoms with van der Waals surface area (Å²) in [4.78, 5) is 40.2. The van der Waals surface area contributed by atoms with Crippen LogP contribution in [0.5, 0.6) is 5.75 Å². The van der Waals surface area contributed by atoms with E-state index in [1.165, 1.54) is 0 Å². The van der Waals surface area contributed by atoms with Crippen molar-refractivity contribution in [1.82, 2.24) is 14.8 Å². The van der Waals surface area contributed by atoms with Gasteiger partial charge in [0.05, 0.1) is 26.5 Å². The monoisotopic (exact) mass is 661 g/mol. The Morgan fingerprint density at radius 2 is 1.63 bits per heavy atom. The maximum Gasteiger partial charge on any atom is 0.490 e. The molecule has 2 saturated heterocycles. The van der Waals surface area contributed by atoms with Crippen molar-refractivity contribution in [2.24, 2.45) is 0 Å². The molecule has 1 aromatic carbocycles. The molecule has 250 valence electrons. The first-order valence-corrected chi connectivity index (χ1v) is 13.4. The zero-order valence-electron chi connectivity index (χ0n) is 24.1. The van der Waals surface area contributed by atoms with Gasteiger partial charge in [-0.15, -0.1) is 0 Å². The number of carbonyl (C=O) groups excluding carboxylic acids is 1. The molecular weight excluding hydrogens is 632 g/mol. The number of furan rings is 1. The molecule has 2 fully saturated rings. The number of aromatic nitrogens is 1. The lowest BCUT2D eigenvalue weighted by Gasteiger charge is -2.42. The van der Waals surface area contributed by atoms with Gasteiger partial charge in [0.2, 0.25) is 0 Å². The molecule has 0 aliphatic carbocycles. The summed E-state index contributed by atoms with van der Waals surface area (Å²) >= 11 is 0. The Bertz CT molecular complexity index is 1410. The van der Waals surface area contributed by atoms with Crippen LogP contribution in [0.25, 0.3) is 0 Å². The highest BCUT2D eigenvalue weighted by Crippen LogP contribution is 2.42. The van der Waals surface area contributed by atoms with Gasteiger partial charge in [-0.25, -0.2) is 9.59 Å². The quantitative estimate of drug-likeness (QED) is 0.366. The number of alkyl halides is 6. The number of carboxylic acids is 2. The number of rotatable bonds is 6. The number of carboxylic acid groups (broad SMARTS) is 2. The summed E-state index contributed by atoms with van der Waals surface area (Å²) in [5.41, 5.74) is 1.16. The van der Waals surface area contributed by atoms with Gasteiger partial charge < -0.3 is 29.0 Å². The third-order valence-corrected chi connectivity index (χ3v) is 6.90. The van der Waals surface area contributed by atoms with E-state index in [1.807, 2.05) is 59.6 Å². The smallest absolute Gasteiger partial charge is 0.490 e. The second kappa shape index (κ2) is 15.1. The lowest BCUT2D eigenvalue weighted by Crippen LogP contribution is -2.59. The predicted octanol–water partition coefficient (Wildman–Crippen LogP) is 4.35. The van der Waals surface area contributed by atoms with Crippen LogP contribution in [0.3, 0.4) is 0 Å². The first-order valence-electron chi connectivity index (χ1n) is 13.4. The first kappa shape index (κ1) is 35.8. The Morgan fingerprint density at radius 1 is 1.00 bits per heavy atom. The van der Waals surface area contributed by atoms with Gasteiger partial charge in [0.25, 0.3) is 5.91 Å². The Hall–Kier alpha value is -4.64. The van der Waals surface area contributed by atoms with Crippen molar-refractivity contribution in [3.05, 3.63) is 84.1 Å². The van der Waals surface area contributed by atoms with Crippen LogP contribution in [0.1, 0.15) is 22.8 Å². The van der Waals surface area contributed by atoms with Crippen molar-refractivity contribution in [2.75, 3.05) is 33.4 Å². The van der Waals surface area contributed by atoms with Crippen LogP contribution in [-0.2, 0) is 32.2 Å². The van der Waals surface area contributed by atoms with E-state index in [-0.39, 0.29) is 11.8 Å². The van der Waals surface area contributed by atoms with Gasteiger partial charge in [0.15, 0.2) is 5.60 Å². The highest BCUT2D eigenvalue weighted by molar-refractivity contribution is 5.88. The number of pyridine rings is 1. The van der Waals surface area contributed by atoms with E-state index in [0.29, 0.717) is 39.3 Å². The maximum absolute atomic E-state index is 13.9. The standard InChI is InChI=1S/C25H27N3O4.2C2HF3O2/c1-30-21-8-6-19(7-9-21)15-28-11-13-32-25(24(28)29)18-27(16-22-5-3-12-31-22)17-23(25)20-4-2-10-26-14-20;2*3-2(4,5)1(6)7/h2-10,12,14,23H,11,13,15-18H2,1H3;2*(H,6,7). The fraction of sp³-hybridized carbons (Fsp3) is 0.379. The normalized spacial score (nSPS) is 19.9. The number of aliphatic carboxylic acids is 2. The summed E-state index contributed by atoms with van der Waals surface area (Å²) in [6.07, 6.45) is -4.88. The van der Waals surface area contributed by atoms with Crippen molar-refractivity contribution in [3.8, 4) is 5.75 Å². The molecule has 0 bridgehead atoms. The summed E-state index contributed by atoms with van der Waals surface area (Å²) in [6.45, 7) is 3.49. The number of carbonyl (C=O) groups is 3. The lowest BCUT2D eigenvalue weighted by atomic mass is 9.83. The zero-order valence-corrected chi connectivity index (χ0v) is 24.1. The molecule has 46 heavy (non-hydrogen) atoms. The fourth-order valence-corrected chi connectivity index (χ4v) is 4.85. The van der Waals surface area contributed by atoms with Crippen molar-refractivity contribution >= 4 is 17.8 Å². The Balaban J connectivity index is 0.000000345. The molecule has 2 aliphatic heterocycles. The molecule has 11 nitrogen and oxygen atoms in total. The van der Waals surface area contributed by atoms with Crippen LogP contribution >= 0.6 is 0 Å². The second-order valence-corrected chi connectivity index (χ2v) is 10.0. The molecule has 2 aliphatic rings. The third kappa shape index (κ3) is 9.43. The van der Waals surface area contributed by atoms with Crippen molar-refractivity contribution in [3.63, 3.8) is 0 Å². The Kier molecular flexibility index (Phi) is 11.8. The Morgan fingerprint density at radius 3 is 2.13 bits per heavy atom. The molecule has 4 heterocycles. The van der Waals surface area contributed by atoms with Crippen molar-refractivity contribution in [2.45, 2.75) is 37.0 Å². The summed E-state index contributed by atoms with van der Waals surface area (Å²) in [6, 6.07) is 15.7. The van der Waals surface area contributed by atoms with Gasteiger partial charge in [0.1, 0.15) is 11.5 Å². The first-order chi connectivity index (χ1) is 21.6. The molecule has 1 spiro atoms. The van der Waals surface area contributed by atoms with Crippen LogP contribution < -0.4 is 4.74 Å². The number of ether oxygens (including phenoxy) is 2. The lowest BCUT2D eigenvalue weighted by molar-refractivity contribution is -0.193. The van der Waals surface area contributed by atoms with Crippen molar-refractivity contribution < 1.29 is 64.8 Å². The van der Waals surface area contributed by atoms with E-state index in [9.17, 15) is 31.1 Å². The summed E-state index contributed by atoms with van der Waals surface area (Å²) < 4.78 is 80.6. The van der Waals surface area contributed by atoms with Crippen LogP contribution in [-0.4, -0.2) is 94.1 Å². The van der Waals surface area contributed by atoms with E-state index < -0.39 is 29.9 Å². The predicted molar refractivity (Wildman–Crippen MR) is 145 cm³/mol. The summed E-state index contributed by atoms with van der Waals surface area (Å²) in [5.74, 6) is -3.89. The molecule has 2 N–H and O–H groups in total. The number of hydrogen-bond acceptors (Lipinski definition) is 8. The molecule has 2 atom stereocenters. The van der Waals surface area contributed by atoms with Gasteiger partial charge in [0, 0.05) is 44.5 Å². The molecule has 2 unspecified atom stereocenters. The zero-order chi connectivity index (χ0) is 34.1. The number of nitrogens with zero attached hydrogens (tertiary/aromatic N) is 3.